The van der Waals surface area contributed by atoms with Gasteiger partial charge in [-0.15, -0.1) is 6.58 Å². The summed E-state index contributed by atoms with van der Waals surface area (Å²) in [5, 5.41) is 16.6. The van der Waals surface area contributed by atoms with Crippen molar-refractivity contribution in [1.29, 1.82) is 0 Å². The van der Waals surface area contributed by atoms with Crippen molar-refractivity contribution in [3.05, 3.63) is 81.7 Å². The van der Waals surface area contributed by atoms with E-state index in [-0.39, 0.29) is 49.6 Å². The lowest BCUT2D eigenvalue weighted by Crippen LogP contribution is -2.39. The molecular formula is C39H54N4O9. The van der Waals surface area contributed by atoms with Crippen LogP contribution in [0.4, 0.5) is 4.79 Å². The summed E-state index contributed by atoms with van der Waals surface area (Å²) in [6, 6.07) is 6.89. The highest BCUT2D eigenvalue weighted by Crippen LogP contribution is 2.38. The van der Waals surface area contributed by atoms with Crippen molar-refractivity contribution in [2.75, 3.05) is 27.4 Å². The van der Waals surface area contributed by atoms with E-state index < -0.39 is 23.7 Å². The van der Waals surface area contributed by atoms with Gasteiger partial charge in [-0.3, -0.25) is 14.4 Å². The zero-order valence-electron chi connectivity index (χ0n) is 32.1. The fraction of sp³-hybridized carbons (Fsp3) is 0.462. The Balaban J connectivity index is 0.00000106. The second kappa shape index (κ2) is 19.1. The summed E-state index contributed by atoms with van der Waals surface area (Å²) in [6.45, 7) is 22.4. The van der Waals surface area contributed by atoms with E-state index in [0.29, 0.717) is 56.6 Å². The molecule has 0 aliphatic carbocycles. The molecule has 52 heavy (non-hydrogen) atoms. The molecule has 3 aromatic rings. The van der Waals surface area contributed by atoms with Crippen LogP contribution in [0.2, 0.25) is 0 Å². The van der Waals surface area contributed by atoms with Crippen LogP contribution in [0.25, 0.3) is 22.3 Å². The van der Waals surface area contributed by atoms with Gasteiger partial charge in [-0.1, -0.05) is 26.5 Å². The number of carbonyl (C=O) groups is 3. The number of nitrogens with one attached hydrogen (secondary N) is 2. The Labute approximate surface area is 306 Å². The molecule has 284 valence electrons. The van der Waals surface area contributed by atoms with E-state index in [4.69, 9.17) is 23.9 Å². The van der Waals surface area contributed by atoms with E-state index in [0.717, 1.165) is 0 Å². The highest BCUT2D eigenvalue weighted by Gasteiger charge is 2.29. The smallest absolute Gasteiger partial charge is 0.408 e. The van der Waals surface area contributed by atoms with Gasteiger partial charge in [0.05, 0.1) is 41.8 Å². The van der Waals surface area contributed by atoms with Crippen molar-refractivity contribution < 1.29 is 38.4 Å². The van der Waals surface area contributed by atoms with Gasteiger partial charge < -0.3 is 39.3 Å². The van der Waals surface area contributed by atoms with Crippen molar-refractivity contribution >= 4 is 29.2 Å². The number of nitrogens with zero attached hydrogens (tertiary/aromatic N) is 2. The van der Waals surface area contributed by atoms with E-state index >= 15 is 0 Å². The monoisotopic (exact) mass is 722 g/mol. The summed E-state index contributed by atoms with van der Waals surface area (Å²) in [6.07, 6.45) is 0.134. The molecule has 0 radical (unpaired) electrons. The first-order valence-electron chi connectivity index (χ1n) is 17.0. The van der Waals surface area contributed by atoms with Gasteiger partial charge in [0.15, 0.2) is 0 Å². The van der Waals surface area contributed by atoms with Gasteiger partial charge in [0.1, 0.15) is 30.8 Å². The van der Waals surface area contributed by atoms with Crippen LogP contribution in [0.1, 0.15) is 83.7 Å². The highest BCUT2D eigenvalue weighted by atomic mass is 16.6. The molecule has 4 rings (SSSR count). The van der Waals surface area contributed by atoms with Gasteiger partial charge in [-0.25, -0.2) is 9.78 Å². The standard InChI is InChI=1S/C32H36N4O8.C5H12O.C2H6/c1-7-27(38)21-11-26-29-23(14-36(26)30(40)24(21)17-42-6)22(12-33-28(39)13-34-31(41)44-32(3,4)5)20-10-19(8-9-25(20)35-29)43-16-18(2)15-37;1-5(2,3)6-4;1-2/h7-11,15,27,38H,1-2,12-14,16-17H2,3-6H3,(H,33,39)(H,34,41);1-4H3;1-2H3. The maximum absolute atomic E-state index is 13.6. The van der Waals surface area contributed by atoms with Crippen molar-refractivity contribution in [3.8, 4) is 17.1 Å². The highest BCUT2D eigenvalue weighted by molar-refractivity contribution is 5.90. The number of methoxy groups -OCH3 is 2. The zero-order chi connectivity index (χ0) is 39.4. The van der Waals surface area contributed by atoms with Crippen molar-refractivity contribution in [2.24, 2.45) is 0 Å². The molecule has 1 unspecified atom stereocenters. The third-order valence-electron chi connectivity index (χ3n) is 7.46. The zero-order valence-corrected chi connectivity index (χ0v) is 32.1. The molecule has 13 nitrogen and oxygen atoms in total. The van der Waals surface area contributed by atoms with Crippen LogP contribution in [0.5, 0.6) is 5.75 Å². The molecule has 13 heteroatoms. The minimum absolute atomic E-state index is 0.00665. The van der Waals surface area contributed by atoms with Crippen LogP contribution >= 0.6 is 0 Å². The SMILES string of the molecule is C=CC(O)c1cc2n(c(=O)c1COC)Cc1c-2nc2ccc(OCC(=C)C=O)cc2c1CNC(=O)CNC(=O)OC(C)(C)C.CC.COC(C)(C)C. The number of aromatic nitrogens is 2. The van der Waals surface area contributed by atoms with Gasteiger partial charge in [-0.2, -0.15) is 0 Å². The van der Waals surface area contributed by atoms with Crippen molar-refractivity contribution in [3.63, 3.8) is 0 Å². The first-order chi connectivity index (χ1) is 24.4. The maximum atomic E-state index is 13.6. The Bertz CT molecular complexity index is 1820. The van der Waals surface area contributed by atoms with E-state index in [9.17, 15) is 24.3 Å². The quantitative estimate of drug-likeness (QED) is 0.0962. The number of ether oxygens (including phenoxy) is 4. The van der Waals surface area contributed by atoms with Gasteiger partial charge in [-0.05, 0) is 76.9 Å². The number of carbonyl (C=O) groups excluding carboxylic acids is 3. The third kappa shape index (κ3) is 11.9. The minimum Gasteiger partial charge on any atom is -0.489 e. The molecule has 2 amide bonds. The van der Waals surface area contributed by atoms with Crippen LogP contribution in [0.15, 0.2) is 53.9 Å². The van der Waals surface area contributed by atoms with Gasteiger partial charge >= 0.3 is 6.09 Å². The van der Waals surface area contributed by atoms with E-state index in [1.54, 1.807) is 56.7 Å². The molecule has 1 aliphatic heterocycles. The Morgan fingerprint density at radius 3 is 2.27 bits per heavy atom. The minimum atomic E-state index is -1.10. The third-order valence-corrected chi connectivity index (χ3v) is 7.46. The van der Waals surface area contributed by atoms with Crippen molar-refractivity contribution in [2.45, 2.75) is 92.4 Å². The molecule has 0 saturated heterocycles. The van der Waals surface area contributed by atoms with Crippen LogP contribution < -0.4 is 20.9 Å². The molecule has 3 N–H and O–H groups in total. The summed E-state index contributed by atoms with van der Waals surface area (Å²) < 4.78 is 22.7. The predicted octanol–water partition coefficient (Wildman–Crippen LogP) is 5.52. The lowest BCUT2D eigenvalue weighted by molar-refractivity contribution is -0.120. The summed E-state index contributed by atoms with van der Waals surface area (Å²) in [5.74, 6) is -0.0106. The summed E-state index contributed by atoms with van der Waals surface area (Å²) in [7, 11) is 3.17. The fourth-order valence-corrected chi connectivity index (χ4v) is 4.85. The number of aldehydes is 1. The van der Waals surface area contributed by atoms with Crippen LogP contribution in [-0.2, 0) is 43.5 Å². The second-order valence-corrected chi connectivity index (χ2v) is 13.6. The molecule has 2 aromatic heterocycles. The van der Waals surface area contributed by atoms with E-state index in [1.807, 2.05) is 34.6 Å². The topological polar surface area (TPSA) is 167 Å². The number of fused-ring (bicyclic) bond motifs is 4. The number of amides is 2. The fourth-order valence-electron chi connectivity index (χ4n) is 4.85. The molecule has 3 heterocycles. The molecule has 0 fully saturated rings. The largest absolute Gasteiger partial charge is 0.489 e. The number of benzene rings is 1. The number of aliphatic hydroxyl groups excluding tert-OH is 1. The maximum Gasteiger partial charge on any atom is 0.408 e. The van der Waals surface area contributed by atoms with E-state index in [2.05, 4.69) is 23.8 Å². The molecule has 1 aliphatic rings. The number of alkyl carbamates (subject to hydrolysis) is 1. The van der Waals surface area contributed by atoms with Crippen LogP contribution in [-0.4, -0.2) is 71.5 Å². The summed E-state index contributed by atoms with van der Waals surface area (Å²) >= 11 is 0. The average molecular weight is 723 g/mol. The molecule has 0 bridgehead atoms. The number of rotatable bonds is 12. The first kappa shape index (κ1) is 43.3. The molecule has 1 aromatic carbocycles. The Morgan fingerprint density at radius 1 is 1.06 bits per heavy atom. The predicted molar refractivity (Wildman–Crippen MR) is 201 cm³/mol. The Kier molecular flexibility index (Phi) is 15.9. The van der Waals surface area contributed by atoms with Gasteiger partial charge in [0, 0.05) is 42.9 Å². The summed E-state index contributed by atoms with van der Waals surface area (Å²) in [5.41, 5.74) is 2.89. The van der Waals surface area contributed by atoms with Crippen LogP contribution in [0.3, 0.4) is 0 Å². The molecule has 1 atom stereocenters. The molecule has 0 saturated carbocycles. The second-order valence-electron chi connectivity index (χ2n) is 13.6. The summed E-state index contributed by atoms with van der Waals surface area (Å²) in [4.78, 5) is 54.3. The Hall–Kier alpha value is -4.85. The lowest BCUT2D eigenvalue weighted by atomic mass is 9.99. The number of pyridine rings is 2. The average Bonchev–Trinajstić information content (AvgIpc) is 3.47. The lowest BCUT2D eigenvalue weighted by Gasteiger charge is -2.19. The number of hydrogen-bond acceptors (Lipinski definition) is 10. The molecular weight excluding hydrogens is 668 g/mol. The van der Waals surface area contributed by atoms with Gasteiger partial charge in [0.2, 0.25) is 5.91 Å². The van der Waals surface area contributed by atoms with Gasteiger partial charge in [0.25, 0.3) is 5.56 Å². The van der Waals surface area contributed by atoms with E-state index in [1.165, 1.54) is 13.2 Å². The Morgan fingerprint density at radius 2 is 1.71 bits per heavy atom. The van der Waals surface area contributed by atoms with Crippen molar-refractivity contribution in [1.82, 2.24) is 20.2 Å². The normalized spacial score (nSPS) is 12.1. The molecule has 0 spiro atoms. The number of hydrogen-bond donors (Lipinski definition) is 3. The first-order valence-corrected chi connectivity index (χ1v) is 17.0. The number of aliphatic hydroxyl groups is 1. The van der Waals surface area contributed by atoms with Crippen LogP contribution in [0, 0.1) is 0 Å².